The van der Waals surface area contributed by atoms with E-state index < -0.39 is 0 Å². The van der Waals surface area contributed by atoms with Crippen LogP contribution in [0.2, 0.25) is 0 Å². The lowest BCUT2D eigenvalue weighted by Crippen LogP contribution is -2.31. The van der Waals surface area contributed by atoms with Gasteiger partial charge in [-0.2, -0.15) is 0 Å². The number of benzene rings is 2. The van der Waals surface area contributed by atoms with Crippen molar-refractivity contribution in [1.29, 1.82) is 0 Å². The maximum Gasteiger partial charge on any atom is 0.247 e. The monoisotopic (exact) mass is 351 g/mol. The normalized spacial score (nSPS) is 14.0. The van der Waals surface area contributed by atoms with Crippen LogP contribution in [0.5, 0.6) is 11.5 Å². The van der Waals surface area contributed by atoms with Crippen LogP contribution in [0.3, 0.4) is 0 Å². The molecule has 0 bridgehead atoms. The fraction of sp³-hybridized carbons (Fsp3) is 0.318. The Bertz CT molecular complexity index is 794. The van der Waals surface area contributed by atoms with Crippen molar-refractivity contribution in [2.45, 2.75) is 32.4 Å². The van der Waals surface area contributed by atoms with E-state index in [4.69, 9.17) is 9.47 Å². The molecule has 0 heterocycles. The molecule has 0 spiro atoms. The van der Waals surface area contributed by atoms with Crippen molar-refractivity contribution in [3.63, 3.8) is 0 Å². The molecule has 3 rings (SSSR count). The number of nitrogens with zero attached hydrogens (tertiary/aromatic N) is 1. The summed E-state index contributed by atoms with van der Waals surface area (Å²) >= 11 is 0. The Kier molecular flexibility index (Phi) is 5.61. The molecule has 2 aromatic carbocycles. The number of amides is 1. The standard InChI is InChI=1S/C22H25NO3/c1-16(17-7-5-4-6-8-17)13-22(24)23(19-9-10-19)15-18-14-20(25-2)11-12-21(18)26-3/h4-8,11-14,19H,9-10,15H2,1-3H3. The SMILES string of the molecule is COc1ccc(OC)c(CN(C(=O)C=C(C)c2ccccc2)C2CC2)c1. The quantitative estimate of drug-likeness (QED) is 0.698. The number of carbonyl (C=O) groups is 1. The number of carbonyl (C=O) groups excluding carboxylic acids is 1. The van der Waals surface area contributed by atoms with Crippen molar-refractivity contribution in [2.24, 2.45) is 0 Å². The van der Waals surface area contributed by atoms with Crippen LogP contribution in [0.25, 0.3) is 5.57 Å². The van der Waals surface area contributed by atoms with E-state index in [0.717, 1.165) is 41.0 Å². The predicted molar refractivity (Wildman–Crippen MR) is 103 cm³/mol. The van der Waals surface area contributed by atoms with Crippen LogP contribution in [-0.2, 0) is 11.3 Å². The predicted octanol–water partition coefficient (Wildman–Crippen LogP) is 4.30. The van der Waals surface area contributed by atoms with Crippen LogP contribution < -0.4 is 9.47 Å². The summed E-state index contributed by atoms with van der Waals surface area (Å²) in [5, 5.41) is 0. The molecule has 0 aromatic heterocycles. The Balaban J connectivity index is 1.83. The molecule has 0 radical (unpaired) electrons. The molecule has 1 fully saturated rings. The van der Waals surface area contributed by atoms with Gasteiger partial charge in [-0.15, -0.1) is 0 Å². The maximum atomic E-state index is 12.9. The highest BCUT2D eigenvalue weighted by Crippen LogP contribution is 2.32. The van der Waals surface area contributed by atoms with E-state index in [1.807, 2.05) is 60.4 Å². The molecule has 26 heavy (non-hydrogen) atoms. The first-order valence-corrected chi connectivity index (χ1v) is 8.87. The molecule has 136 valence electrons. The summed E-state index contributed by atoms with van der Waals surface area (Å²) in [6.07, 6.45) is 3.84. The highest BCUT2D eigenvalue weighted by molar-refractivity contribution is 5.95. The van der Waals surface area contributed by atoms with Gasteiger partial charge in [0.05, 0.1) is 20.8 Å². The van der Waals surface area contributed by atoms with Gasteiger partial charge in [-0.05, 0) is 49.1 Å². The van der Waals surface area contributed by atoms with Gasteiger partial charge >= 0.3 is 0 Å². The zero-order valence-corrected chi connectivity index (χ0v) is 15.6. The first-order valence-electron chi connectivity index (χ1n) is 8.87. The Labute approximate surface area is 155 Å². The molecule has 1 aliphatic rings. The van der Waals surface area contributed by atoms with Gasteiger partial charge in [0.1, 0.15) is 11.5 Å². The molecule has 1 saturated carbocycles. The highest BCUT2D eigenvalue weighted by Gasteiger charge is 2.32. The van der Waals surface area contributed by atoms with Gasteiger partial charge < -0.3 is 14.4 Å². The first-order chi connectivity index (χ1) is 12.6. The Morgan fingerprint density at radius 2 is 1.85 bits per heavy atom. The van der Waals surface area contributed by atoms with Crippen LogP contribution in [-0.4, -0.2) is 31.1 Å². The van der Waals surface area contributed by atoms with Gasteiger partial charge in [-0.25, -0.2) is 0 Å². The van der Waals surface area contributed by atoms with Crippen molar-refractivity contribution in [3.8, 4) is 11.5 Å². The Morgan fingerprint density at radius 1 is 1.12 bits per heavy atom. The topological polar surface area (TPSA) is 38.8 Å². The molecule has 0 N–H and O–H groups in total. The van der Waals surface area contributed by atoms with E-state index in [0.29, 0.717) is 12.6 Å². The molecule has 4 nitrogen and oxygen atoms in total. The molecule has 0 unspecified atom stereocenters. The summed E-state index contributed by atoms with van der Waals surface area (Å²) in [6.45, 7) is 2.49. The lowest BCUT2D eigenvalue weighted by atomic mass is 10.1. The Morgan fingerprint density at radius 3 is 2.46 bits per heavy atom. The number of rotatable bonds is 7. The summed E-state index contributed by atoms with van der Waals surface area (Å²) in [5.74, 6) is 1.58. The Hall–Kier alpha value is -2.75. The van der Waals surface area contributed by atoms with Crippen molar-refractivity contribution < 1.29 is 14.3 Å². The second kappa shape index (κ2) is 8.09. The molecule has 2 aromatic rings. The van der Waals surface area contributed by atoms with Gasteiger partial charge in [-0.3, -0.25) is 4.79 Å². The summed E-state index contributed by atoms with van der Waals surface area (Å²) in [5.41, 5.74) is 2.99. The van der Waals surface area contributed by atoms with Gasteiger partial charge in [0.25, 0.3) is 0 Å². The summed E-state index contributed by atoms with van der Waals surface area (Å²) < 4.78 is 10.8. The molecule has 0 atom stereocenters. The lowest BCUT2D eigenvalue weighted by Gasteiger charge is -2.23. The third-order valence-corrected chi connectivity index (χ3v) is 4.67. The van der Waals surface area contributed by atoms with Crippen LogP contribution in [0.1, 0.15) is 30.9 Å². The molecule has 1 aliphatic carbocycles. The van der Waals surface area contributed by atoms with E-state index in [1.54, 1.807) is 20.3 Å². The van der Waals surface area contributed by atoms with E-state index in [2.05, 4.69) is 0 Å². The van der Waals surface area contributed by atoms with Crippen LogP contribution in [0.4, 0.5) is 0 Å². The largest absolute Gasteiger partial charge is 0.497 e. The molecular weight excluding hydrogens is 326 g/mol. The summed E-state index contributed by atoms with van der Waals surface area (Å²) in [7, 11) is 3.29. The van der Waals surface area contributed by atoms with Crippen molar-refractivity contribution >= 4 is 11.5 Å². The summed E-state index contributed by atoms with van der Waals surface area (Å²) in [6, 6.07) is 16.0. The van der Waals surface area contributed by atoms with Gasteiger partial charge in [0.15, 0.2) is 0 Å². The molecule has 0 saturated heterocycles. The number of ether oxygens (including phenoxy) is 2. The van der Waals surface area contributed by atoms with Gasteiger partial charge in [0.2, 0.25) is 5.91 Å². The average Bonchev–Trinajstić information content (AvgIpc) is 3.51. The van der Waals surface area contributed by atoms with E-state index in [1.165, 1.54) is 0 Å². The maximum absolute atomic E-state index is 12.9. The van der Waals surface area contributed by atoms with E-state index >= 15 is 0 Å². The fourth-order valence-corrected chi connectivity index (χ4v) is 3.01. The van der Waals surface area contributed by atoms with Gasteiger partial charge in [0, 0.05) is 17.7 Å². The average molecular weight is 351 g/mol. The smallest absolute Gasteiger partial charge is 0.247 e. The number of hydrogen-bond donors (Lipinski definition) is 0. The van der Waals surface area contributed by atoms with Crippen LogP contribution in [0, 0.1) is 0 Å². The minimum absolute atomic E-state index is 0.0405. The zero-order chi connectivity index (χ0) is 18.5. The number of methoxy groups -OCH3 is 2. The van der Waals surface area contributed by atoms with E-state index in [-0.39, 0.29) is 5.91 Å². The van der Waals surface area contributed by atoms with Crippen LogP contribution in [0.15, 0.2) is 54.6 Å². The van der Waals surface area contributed by atoms with Crippen LogP contribution >= 0.6 is 0 Å². The second-order valence-corrected chi connectivity index (χ2v) is 6.57. The van der Waals surface area contributed by atoms with Gasteiger partial charge in [-0.1, -0.05) is 30.3 Å². The third kappa shape index (κ3) is 4.26. The first kappa shape index (κ1) is 18.1. The third-order valence-electron chi connectivity index (χ3n) is 4.67. The van der Waals surface area contributed by atoms with Crippen molar-refractivity contribution in [2.75, 3.05) is 14.2 Å². The van der Waals surface area contributed by atoms with Crippen molar-refractivity contribution in [3.05, 3.63) is 65.7 Å². The van der Waals surface area contributed by atoms with Crippen molar-refractivity contribution in [1.82, 2.24) is 4.90 Å². The fourth-order valence-electron chi connectivity index (χ4n) is 3.01. The zero-order valence-electron chi connectivity index (χ0n) is 15.6. The molecule has 4 heteroatoms. The minimum atomic E-state index is 0.0405. The number of hydrogen-bond acceptors (Lipinski definition) is 3. The van der Waals surface area contributed by atoms with E-state index in [9.17, 15) is 4.79 Å². The highest BCUT2D eigenvalue weighted by atomic mass is 16.5. The molecule has 1 amide bonds. The molecule has 0 aliphatic heterocycles. The second-order valence-electron chi connectivity index (χ2n) is 6.57. The minimum Gasteiger partial charge on any atom is -0.497 e. The lowest BCUT2D eigenvalue weighted by molar-refractivity contribution is -0.127. The number of allylic oxidation sites excluding steroid dienone is 1. The summed E-state index contributed by atoms with van der Waals surface area (Å²) in [4.78, 5) is 14.9. The molecular formula is C22H25NO3.